The highest BCUT2D eigenvalue weighted by atomic mass is 16.3. The Morgan fingerprint density at radius 2 is 1.31 bits per heavy atom. The predicted octanol–water partition coefficient (Wildman–Crippen LogP) is 10.5. The fourth-order valence-electron chi connectivity index (χ4n) is 7.53. The lowest BCUT2D eigenvalue weighted by Crippen LogP contribution is -2.54. The lowest BCUT2D eigenvalue weighted by Gasteiger charge is -2.38. The monoisotopic (exact) mass is 672 g/mol. The van der Waals surface area contributed by atoms with Crippen molar-refractivity contribution in [2.45, 2.75) is 26.2 Å². The van der Waals surface area contributed by atoms with Crippen LogP contribution in [0.2, 0.25) is 0 Å². The van der Waals surface area contributed by atoms with Crippen molar-refractivity contribution >= 4 is 34.9 Å². The predicted molar refractivity (Wildman–Crippen MR) is 215 cm³/mol. The van der Waals surface area contributed by atoms with Gasteiger partial charge in [0.2, 0.25) is 0 Å². The van der Waals surface area contributed by atoms with Crippen molar-refractivity contribution in [3.63, 3.8) is 0 Å². The van der Waals surface area contributed by atoms with Gasteiger partial charge in [0.15, 0.2) is 0 Å². The Hall–Kier alpha value is -6.40. The van der Waals surface area contributed by atoms with Crippen molar-refractivity contribution < 1.29 is 5.11 Å². The van der Waals surface area contributed by atoms with Crippen LogP contribution in [0.1, 0.15) is 26.3 Å². The summed E-state index contributed by atoms with van der Waals surface area (Å²) in [5.74, 6) is 0.936. The highest BCUT2D eigenvalue weighted by Gasteiger charge is 2.41. The summed E-state index contributed by atoms with van der Waals surface area (Å²) in [4.78, 5) is 12.6. The van der Waals surface area contributed by atoms with Gasteiger partial charge in [-0.25, -0.2) is 4.98 Å². The van der Waals surface area contributed by atoms with Gasteiger partial charge in [-0.2, -0.15) is 0 Å². The number of aromatic nitrogens is 3. The molecule has 0 saturated carbocycles. The summed E-state index contributed by atoms with van der Waals surface area (Å²) >= 11 is 0. The maximum atomic E-state index is 11.5. The molecule has 1 aliphatic heterocycles. The van der Waals surface area contributed by atoms with Crippen molar-refractivity contribution in [1.82, 2.24) is 14.4 Å². The van der Waals surface area contributed by atoms with Crippen molar-refractivity contribution in [3.8, 4) is 50.6 Å². The first-order valence-corrected chi connectivity index (χ1v) is 17.8. The van der Waals surface area contributed by atoms with E-state index in [0.29, 0.717) is 5.56 Å². The Kier molecular flexibility index (Phi) is 7.55. The number of para-hydroxylation sites is 2. The largest absolute Gasteiger partial charge is 0.507 e. The molecule has 3 heterocycles. The number of phenols is 1. The van der Waals surface area contributed by atoms with E-state index in [-0.39, 0.29) is 18.1 Å². The summed E-state index contributed by atoms with van der Waals surface area (Å²) in [5, 5.41) is 11.5. The second kappa shape index (κ2) is 12.4. The molecule has 1 N–H and O–H groups in total. The first-order valence-electron chi connectivity index (χ1n) is 17.8. The molecule has 0 aliphatic carbocycles. The van der Waals surface area contributed by atoms with Gasteiger partial charge in [-0.05, 0) is 87.7 Å². The third kappa shape index (κ3) is 5.35. The Balaban J connectivity index is 1.29. The van der Waals surface area contributed by atoms with Gasteiger partial charge in [0.05, 0.1) is 22.3 Å². The molecule has 6 aromatic carbocycles. The molecule has 0 amide bonds. The Labute approximate surface area is 304 Å². The molecule has 6 heteroatoms. The van der Waals surface area contributed by atoms with Crippen LogP contribution in [0, 0.1) is 0 Å². The van der Waals surface area contributed by atoms with Crippen LogP contribution in [0.3, 0.4) is 0 Å². The number of hydrogen-bond donors (Lipinski definition) is 1. The van der Waals surface area contributed by atoms with Gasteiger partial charge < -0.3 is 14.4 Å². The van der Waals surface area contributed by atoms with Crippen molar-refractivity contribution in [2.75, 3.05) is 4.81 Å². The molecular weight excluding hydrogens is 635 g/mol. The van der Waals surface area contributed by atoms with Crippen LogP contribution >= 0.6 is 0 Å². The normalized spacial score (nSPS) is 12.5. The number of phenolic OH excluding ortho intramolecular Hbond substituents is 1. The summed E-state index contributed by atoms with van der Waals surface area (Å²) in [7, 11) is 0. The van der Waals surface area contributed by atoms with Crippen LogP contribution in [-0.2, 0) is 5.41 Å². The highest BCUT2D eigenvalue weighted by molar-refractivity contribution is 6.78. The lowest BCUT2D eigenvalue weighted by atomic mass is 9.62. The average Bonchev–Trinajstić information content (AvgIpc) is 3.57. The Morgan fingerprint density at radius 3 is 2.06 bits per heavy atom. The summed E-state index contributed by atoms with van der Waals surface area (Å²) in [6.07, 6.45) is 1.90. The van der Waals surface area contributed by atoms with Crippen molar-refractivity contribution in [3.05, 3.63) is 169 Å². The van der Waals surface area contributed by atoms with Crippen LogP contribution in [0.25, 0.3) is 55.9 Å². The fraction of sp³-hybridized carbons (Fsp3) is 0.0870. The molecule has 2 aromatic heterocycles. The molecule has 0 fully saturated rings. The van der Waals surface area contributed by atoms with Gasteiger partial charge in [-0.15, -0.1) is 0 Å². The molecule has 52 heavy (non-hydrogen) atoms. The molecule has 0 unspecified atom stereocenters. The number of rotatable bonds is 5. The van der Waals surface area contributed by atoms with Gasteiger partial charge >= 0.3 is 6.98 Å². The molecule has 8 aromatic rings. The standard InChI is InChI=1S/C46H37BN4O/c1-46(2,3)35-28-33(27-34(29-35)39-30-32(25-26-48-39)31-15-7-4-8-16-31)38-21-13-23-41-44(38)49-45-43-40(22-14-24-42(43)52)50(37-19-11-6-12-20-37)47(51(41)45)36-17-9-5-10-18-36/h4-30,52H,1-3H3. The van der Waals surface area contributed by atoms with E-state index in [1.54, 1.807) is 6.07 Å². The summed E-state index contributed by atoms with van der Waals surface area (Å²) in [5.41, 5.74) is 13.1. The second-order valence-electron chi connectivity index (χ2n) is 14.5. The summed E-state index contributed by atoms with van der Waals surface area (Å²) < 4.78 is 2.29. The second-order valence-corrected chi connectivity index (χ2v) is 14.5. The van der Waals surface area contributed by atoms with E-state index in [2.05, 4.69) is 157 Å². The van der Waals surface area contributed by atoms with Gasteiger partial charge in [0.1, 0.15) is 11.6 Å². The minimum absolute atomic E-state index is 0.109. The van der Waals surface area contributed by atoms with Gasteiger partial charge in [-0.3, -0.25) is 4.98 Å². The first kappa shape index (κ1) is 31.6. The van der Waals surface area contributed by atoms with E-state index in [4.69, 9.17) is 9.97 Å². The molecule has 250 valence electrons. The SMILES string of the molecule is CC(C)(C)c1cc(-c2cc(-c3ccccc3)ccn2)cc(-c2cccc3c2nc2n3B(c3ccccc3)N(c3ccccc3)c3cccc(O)c3-2)c1. The highest BCUT2D eigenvalue weighted by Crippen LogP contribution is 2.47. The Morgan fingerprint density at radius 1 is 0.615 bits per heavy atom. The zero-order valence-corrected chi connectivity index (χ0v) is 29.4. The topological polar surface area (TPSA) is 54.2 Å². The number of hydrogen-bond acceptors (Lipinski definition) is 4. The van der Waals surface area contributed by atoms with Crippen LogP contribution < -0.4 is 10.3 Å². The van der Waals surface area contributed by atoms with E-state index >= 15 is 0 Å². The third-order valence-electron chi connectivity index (χ3n) is 10.1. The fourth-order valence-corrected chi connectivity index (χ4v) is 7.53. The Bertz CT molecular complexity index is 2580. The van der Waals surface area contributed by atoms with Gasteiger partial charge in [0, 0.05) is 28.7 Å². The number of benzene rings is 6. The molecule has 0 radical (unpaired) electrons. The van der Waals surface area contributed by atoms with Crippen LogP contribution in [0.5, 0.6) is 5.75 Å². The smallest absolute Gasteiger partial charge is 0.421 e. The van der Waals surface area contributed by atoms with Crippen LogP contribution in [0.4, 0.5) is 11.4 Å². The summed E-state index contributed by atoms with van der Waals surface area (Å²) in [6, 6.07) is 54.7. The van der Waals surface area contributed by atoms with Crippen LogP contribution in [-0.4, -0.2) is 26.5 Å². The lowest BCUT2D eigenvalue weighted by molar-refractivity contribution is 0.477. The van der Waals surface area contributed by atoms with Gasteiger partial charge in [-0.1, -0.05) is 124 Å². The summed E-state index contributed by atoms with van der Waals surface area (Å²) in [6.45, 7) is 6.50. The van der Waals surface area contributed by atoms with E-state index in [9.17, 15) is 5.11 Å². The third-order valence-corrected chi connectivity index (χ3v) is 10.1. The number of pyridine rings is 1. The molecular formula is C46H37BN4O. The van der Waals surface area contributed by atoms with Gasteiger partial charge in [0.25, 0.3) is 0 Å². The number of aromatic hydroxyl groups is 1. The minimum Gasteiger partial charge on any atom is -0.507 e. The molecule has 1 aliphatic rings. The maximum absolute atomic E-state index is 11.5. The van der Waals surface area contributed by atoms with E-state index < -0.39 is 0 Å². The van der Waals surface area contributed by atoms with E-state index in [1.165, 1.54) is 5.56 Å². The zero-order valence-electron chi connectivity index (χ0n) is 29.4. The van der Waals surface area contributed by atoms with Crippen molar-refractivity contribution in [1.29, 1.82) is 0 Å². The molecule has 9 rings (SSSR count). The molecule has 0 saturated heterocycles. The number of imidazole rings is 1. The maximum Gasteiger partial charge on any atom is 0.421 e. The number of fused-ring (bicyclic) bond motifs is 5. The first-order chi connectivity index (χ1) is 25.3. The quantitative estimate of drug-likeness (QED) is 0.185. The molecule has 0 spiro atoms. The van der Waals surface area contributed by atoms with Crippen molar-refractivity contribution in [2.24, 2.45) is 0 Å². The average molecular weight is 673 g/mol. The minimum atomic E-state index is -0.255. The van der Waals surface area contributed by atoms with Crippen LogP contribution in [0.15, 0.2) is 164 Å². The molecule has 0 atom stereocenters. The molecule has 0 bridgehead atoms. The number of nitrogens with zero attached hydrogens (tertiary/aromatic N) is 4. The van der Waals surface area contributed by atoms with E-state index in [1.807, 2.05) is 30.5 Å². The van der Waals surface area contributed by atoms with E-state index in [0.717, 1.165) is 67.2 Å². The zero-order chi connectivity index (χ0) is 35.4. The number of anilines is 2. The molecule has 5 nitrogen and oxygen atoms in total.